The molecule has 2 unspecified atom stereocenters. The summed E-state index contributed by atoms with van der Waals surface area (Å²) in [4.78, 5) is 68.7. The van der Waals surface area contributed by atoms with Crippen LogP contribution in [0, 0.1) is 5.92 Å². The number of aliphatic hydroxyl groups excluding tert-OH is 1. The van der Waals surface area contributed by atoms with Crippen LogP contribution >= 0.6 is 0 Å². The van der Waals surface area contributed by atoms with Gasteiger partial charge in [0.15, 0.2) is 6.23 Å². The summed E-state index contributed by atoms with van der Waals surface area (Å²) in [6.45, 7) is 2.94. The van der Waals surface area contributed by atoms with Crippen molar-refractivity contribution in [1.29, 1.82) is 0 Å². The highest BCUT2D eigenvalue weighted by atomic mass is 16.3. The van der Waals surface area contributed by atoms with Gasteiger partial charge < -0.3 is 20.2 Å². The number of piperidine rings is 3. The third kappa shape index (κ3) is 6.67. The zero-order chi connectivity index (χ0) is 34.1. The number of aromatic nitrogens is 2. The summed E-state index contributed by atoms with van der Waals surface area (Å²) in [6.07, 6.45) is 6.11. The van der Waals surface area contributed by atoms with Crippen LogP contribution in [-0.2, 0) is 32.1 Å². The van der Waals surface area contributed by atoms with Gasteiger partial charge in [-0.05, 0) is 43.7 Å². The number of nitrogens with one attached hydrogen (secondary N) is 2. The number of likely N-dealkylation sites (tertiary alicyclic amines) is 2. The second kappa shape index (κ2) is 13.8. The van der Waals surface area contributed by atoms with Crippen LogP contribution in [0.3, 0.4) is 0 Å². The fourth-order valence-electron chi connectivity index (χ4n) is 7.55. The largest absolute Gasteiger partial charge is 0.380 e. The first-order chi connectivity index (χ1) is 23.8. The Morgan fingerprint density at radius 2 is 1.61 bits per heavy atom. The Kier molecular flexibility index (Phi) is 9.17. The van der Waals surface area contributed by atoms with Gasteiger partial charge >= 0.3 is 0 Å². The number of amides is 5. The lowest BCUT2D eigenvalue weighted by molar-refractivity contribution is -0.141. The van der Waals surface area contributed by atoms with Gasteiger partial charge in [0, 0.05) is 68.1 Å². The fourth-order valence-corrected chi connectivity index (χ4v) is 7.55. The molecule has 3 fully saturated rings. The summed E-state index contributed by atoms with van der Waals surface area (Å²) in [5, 5.41) is 21.1. The topological polar surface area (TPSA) is 157 Å². The number of hydrogen-bond donors (Lipinski definition) is 3. The van der Waals surface area contributed by atoms with Crippen LogP contribution < -0.4 is 10.6 Å². The Labute approximate surface area is 284 Å². The van der Waals surface area contributed by atoms with E-state index in [0.29, 0.717) is 68.8 Å². The van der Waals surface area contributed by atoms with Crippen LogP contribution in [0.5, 0.6) is 0 Å². The molecule has 1 aromatic heterocycles. The second-order valence-corrected chi connectivity index (χ2v) is 13.4. The number of nitrogens with zero attached hydrogens (tertiary/aromatic N) is 5. The number of carbonyl (C=O) groups is 5. The molecule has 2 atom stereocenters. The molecule has 0 saturated carbocycles. The third-order valence-electron chi connectivity index (χ3n) is 10.3. The molecule has 7 rings (SSSR count). The average Bonchev–Trinajstić information content (AvgIpc) is 3.70. The van der Waals surface area contributed by atoms with E-state index in [4.69, 9.17) is 0 Å². The number of fused-ring (bicyclic) bond motifs is 1. The summed E-state index contributed by atoms with van der Waals surface area (Å²) in [6, 6.07) is 14.2. The molecule has 0 aliphatic carbocycles. The number of carbonyl (C=O) groups excluding carboxylic acids is 5. The zero-order valence-corrected chi connectivity index (χ0v) is 27.3. The van der Waals surface area contributed by atoms with Crippen molar-refractivity contribution in [1.82, 2.24) is 29.8 Å². The molecule has 256 valence electrons. The summed E-state index contributed by atoms with van der Waals surface area (Å²) >= 11 is 0. The Morgan fingerprint density at radius 3 is 2.35 bits per heavy atom. The molecule has 4 aliphatic rings. The highest BCUT2D eigenvalue weighted by Gasteiger charge is 2.45. The van der Waals surface area contributed by atoms with Crippen LogP contribution in [0.25, 0.3) is 0 Å². The predicted molar refractivity (Wildman–Crippen MR) is 178 cm³/mol. The lowest BCUT2D eigenvalue weighted by atomic mass is 9.93. The number of benzene rings is 2. The van der Waals surface area contributed by atoms with Gasteiger partial charge in [-0.3, -0.25) is 38.9 Å². The molecule has 13 nitrogen and oxygen atoms in total. The zero-order valence-electron chi connectivity index (χ0n) is 27.3. The van der Waals surface area contributed by atoms with E-state index in [0.717, 1.165) is 28.9 Å². The maximum atomic E-state index is 13.5. The number of hydrogen-bond acceptors (Lipinski definition) is 8. The first-order valence-corrected chi connectivity index (χ1v) is 17.1. The van der Waals surface area contributed by atoms with Crippen molar-refractivity contribution in [2.75, 3.05) is 31.5 Å². The first-order valence-electron chi connectivity index (χ1n) is 17.1. The monoisotopic (exact) mass is 667 g/mol. The SMILES string of the molecule is O=C1CCC(N2C(=O)c3c(NCc4cnn(C5CCN(C(=O)C6CCN(C(=O)Cc7ccccc7)CC6)CC5)c4)cccc3C2O)C(=O)N1. The highest BCUT2D eigenvalue weighted by molar-refractivity contribution is 6.08. The van der Waals surface area contributed by atoms with E-state index in [2.05, 4.69) is 15.7 Å². The summed E-state index contributed by atoms with van der Waals surface area (Å²) < 4.78 is 1.95. The smallest absolute Gasteiger partial charge is 0.259 e. The molecular formula is C36H41N7O6. The van der Waals surface area contributed by atoms with Crippen molar-refractivity contribution in [3.63, 3.8) is 0 Å². The van der Waals surface area contributed by atoms with E-state index in [1.165, 1.54) is 0 Å². The molecule has 3 aromatic rings. The van der Waals surface area contributed by atoms with E-state index < -0.39 is 24.1 Å². The van der Waals surface area contributed by atoms with Crippen molar-refractivity contribution in [2.45, 2.75) is 69.8 Å². The molecule has 5 amide bonds. The summed E-state index contributed by atoms with van der Waals surface area (Å²) in [7, 11) is 0. The van der Waals surface area contributed by atoms with Crippen molar-refractivity contribution < 1.29 is 29.1 Å². The Balaban J connectivity index is 0.893. The van der Waals surface area contributed by atoms with Gasteiger partial charge in [0.2, 0.25) is 23.6 Å². The van der Waals surface area contributed by atoms with Crippen molar-refractivity contribution >= 4 is 35.2 Å². The molecule has 0 bridgehead atoms. The molecule has 3 N–H and O–H groups in total. The molecule has 49 heavy (non-hydrogen) atoms. The molecular weight excluding hydrogens is 626 g/mol. The number of imide groups is 1. The van der Waals surface area contributed by atoms with Crippen LogP contribution in [0.1, 0.15) is 77.8 Å². The van der Waals surface area contributed by atoms with Gasteiger partial charge in [0.1, 0.15) is 6.04 Å². The molecule has 4 aliphatic heterocycles. The minimum absolute atomic E-state index is 0.0526. The van der Waals surface area contributed by atoms with Gasteiger partial charge in [0.05, 0.1) is 24.2 Å². The maximum Gasteiger partial charge on any atom is 0.259 e. The van der Waals surface area contributed by atoms with Crippen molar-refractivity contribution in [3.8, 4) is 0 Å². The predicted octanol–water partition coefficient (Wildman–Crippen LogP) is 2.39. The Hall–Kier alpha value is -5.04. The van der Waals surface area contributed by atoms with E-state index in [-0.39, 0.29) is 42.5 Å². The Morgan fingerprint density at radius 1 is 0.878 bits per heavy atom. The number of anilines is 1. The molecule has 0 spiro atoms. The quantitative estimate of drug-likeness (QED) is 0.309. The van der Waals surface area contributed by atoms with E-state index in [9.17, 15) is 29.1 Å². The number of rotatable bonds is 8. The highest BCUT2D eigenvalue weighted by Crippen LogP contribution is 2.39. The summed E-state index contributed by atoms with van der Waals surface area (Å²) in [5.41, 5.74) is 3.19. The fraction of sp³-hybridized carbons (Fsp3) is 0.444. The van der Waals surface area contributed by atoms with Crippen molar-refractivity contribution in [2.24, 2.45) is 5.92 Å². The molecule has 3 saturated heterocycles. The molecule has 0 radical (unpaired) electrons. The maximum absolute atomic E-state index is 13.5. The standard InChI is InChI=1S/C36H41N7O6/c44-30-10-9-29(33(46)39-30)43-35(48)27-7-4-8-28(32(27)36(43)49)37-20-24-21-38-42(22-24)26-13-17-41(18-14-26)34(47)25-11-15-40(16-12-25)31(45)19-23-5-2-1-3-6-23/h1-8,21-22,25-26,29,35,37,48H,9-20H2,(H,39,44,46). The normalized spacial score (nSPS) is 21.9. The van der Waals surface area contributed by atoms with Crippen LogP contribution in [0.2, 0.25) is 0 Å². The minimum Gasteiger partial charge on any atom is -0.380 e. The van der Waals surface area contributed by atoms with Gasteiger partial charge in [-0.15, -0.1) is 0 Å². The lowest BCUT2D eigenvalue weighted by Crippen LogP contribution is -2.53. The molecule has 2 aromatic carbocycles. The third-order valence-corrected chi connectivity index (χ3v) is 10.3. The van der Waals surface area contributed by atoms with E-state index >= 15 is 0 Å². The second-order valence-electron chi connectivity index (χ2n) is 13.4. The molecule has 13 heteroatoms. The van der Waals surface area contributed by atoms with Crippen LogP contribution in [0.15, 0.2) is 60.9 Å². The van der Waals surface area contributed by atoms with Crippen LogP contribution in [-0.4, -0.2) is 91.3 Å². The van der Waals surface area contributed by atoms with E-state index in [1.54, 1.807) is 24.4 Å². The van der Waals surface area contributed by atoms with Crippen molar-refractivity contribution in [3.05, 3.63) is 83.2 Å². The van der Waals surface area contributed by atoms with E-state index in [1.807, 2.05) is 51.0 Å². The number of aliphatic hydroxyl groups is 1. The summed E-state index contributed by atoms with van der Waals surface area (Å²) in [5.74, 6) is -1.18. The average molecular weight is 668 g/mol. The Bertz CT molecular complexity index is 1740. The minimum atomic E-state index is -1.28. The molecule has 5 heterocycles. The van der Waals surface area contributed by atoms with Gasteiger partial charge in [-0.25, -0.2) is 0 Å². The lowest BCUT2D eigenvalue weighted by Gasteiger charge is -2.37. The van der Waals surface area contributed by atoms with Gasteiger partial charge in [-0.1, -0.05) is 42.5 Å². The first kappa shape index (κ1) is 32.5. The van der Waals surface area contributed by atoms with Gasteiger partial charge in [-0.2, -0.15) is 5.10 Å². The van der Waals surface area contributed by atoms with Crippen LogP contribution in [0.4, 0.5) is 5.69 Å². The van der Waals surface area contributed by atoms with Gasteiger partial charge in [0.25, 0.3) is 5.91 Å².